The third kappa shape index (κ3) is 3.76. The van der Waals surface area contributed by atoms with Gasteiger partial charge in [0.1, 0.15) is 11.8 Å². The molecule has 8 heteroatoms. The molecule has 1 atom stereocenters. The van der Waals surface area contributed by atoms with Gasteiger partial charge in [-0.15, -0.1) is 21.5 Å². The lowest BCUT2D eigenvalue weighted by atomic mass is 10.1. The van der Waals surface area contributed by atoms with Gasteiger partial charge in [0.05, 0.1) is 18.7 Å². The van der Waals surface area contributed by atoms with Gasteiger partial charge in [-0.25, -0.2) is 4.98 Å². The largest absolute Gasteiger partial charge is 0.480 e. The summed E-state index contributed by atoms with van der Waals surface area (Å²) in [6.07, 6.45) is 1.69. The maximum atomic E-state index is 12.5. The van der Waals surface area contributed by atoms with E-state index in [1.807, 2.05) is 6.92 Å². The van der Waals surface area contributed by atoms with Gasteiger partial charge >= 0.3 is 0 Å². The summed E-state index contributed by atoms with van der Waals surface area (Å²) >= 11 is 1.48. The first-order valence-electron chi connectivity index (χ1n) is 7.41. The quantitative estimate of drug-likeness (QED) is 0.850. The third-order valence-electron chi connectivity index (χ3n) is 3.62. The Hall–Kier alpha value is -2.22. The summed E-state index contributed by atoms with van der Waals surface area (Å²) in [5.41, 5.74) is 0.511. The minimum Gasteiger partial charge on any atom is -0.480 e. The molecule has 0 aliphatic carbocycles. The number of carbonyl (C=O) groups excluding carboxylic acids is 1. The topological polar surface area (TPSA) is 77.4 Å². The molecule has 0 bridgehead atoms. The van der Waals surface area contributed by atoms with Gasteiger partial charge in [0.15, 0.2) is 0 Å². The number of aryl methyl sites for hydroxylation is 1. The molecule has 3 rings (SSSR count). The Balaban J connectivity index is 1.62. The predicted octanol–water partition coefficient (Wildman–Crippen LogP) is 1.93. The van der Waals surface area contributed by atoms with Gasteiger partial charge in [-0.2, -0.15) is 0 Å². The van der Waals surface area contributed by atoms with Crippen molar-refractivity contribution in [3.63, 3.8) is 0 Å². The van der Waals surface area contributed by atoms with Crippen molar-refractivity contribution in [2.75, 3.05) is 20.2 Å². The SMILES string of the molecule is COc1ccc(OC2CCCN(C(=O)c3csc(C)n3)C2)nn1. The number of amides is 1. The number of aromatic nitrogens is 3. The summed E-state index contributed by atoms with van der Waals surface area (Å²) in [5, 5.41) is 10.5. The molecule has 23 heavy (non-hydrogen) atoms. The molecule has 1 fully saturated rings. The second kappa shape index (κ2) is 6.91. The number of piperidine rings is 1. The molecule has 0 saturated carbocycles. The van der Waals surface area contributed by atoms with Crippen LogP contribution in [0.25, 0.3) is 0 Å². The van der Waals surface area contributed by atoms with E-state index >= 15 is 0 Å². The Morgan fingerprint density at radius 3 is 2.78 bits per heavy atom. The first kappa shape index (κ1) is 15.7. The van der Waals surface area contributed by atoms with Gasteiger partial charge < -0.3 is 14.4 Å². The van der Waals surface area contributed by atoms with Gasteiger partial charge in [0, 0.05) is 24.1 Å². The van der Waals surface area contributed by atoms with Crippen LogP contribution in [0.4, 0.5) is 0 Å². The van der Waals surface area contributed by atoms with Crippen molar-refractivity contribution in [1.29, 1.82) is 0 Å². The van der Waals surface area contributed by atoms with Crippen molar-refractivity contribution >= 4 is 17.2 Å². The number of carbonyl (C=O) groups is 1. The number of rotatable bonds is 4. The first-order valence-corrected chi connectivity index (χ1v) is 8.29. The number of ether oxygens (including phenoxy) is 2. The second-order valence-electron chi connectivity index (χ2n) is 5.30. The number of likely N-dealkylation sites (tertiary alicyclic amines) is 1. The van der Waals surface area contributed by atoms with Crippen LogP contribution in [-0.2, 0) is 0 Å². The lowest BCUT2D eigenvalue weighted by Gasteiger charge is -2.32. The van der Waals surface area contributed by atoms with Crippen molar-refractivity contribution in [2.45, 2.75) is 25.9 Å². The highest BCUT2D eigenvalue weighted by Gasteiger charge is 2.27. The highest BCUT2D eigenvalue weighted by molar-refractivity contribution is 7.09. The van der Waals surface area contributed by atoms with Crippen LogP contribution in [0.3, 0.4) is 0 Å². The molecule has 0 spiro atoms. The molecule has 1 aliphatic rings. The van der Waals surface area contributed by atoms with Crippen LogP contribution in [0.1, 0.15) is 28.3 Å². The van der Waals surface area contributed by atoms with Crippen LogP contribution < -0.4 is 9.47 Å². The van der Waals surface area contributed by atoms with E-state index in [4.69, 9.17) is 9.47 Å². The maximum absolute atomic E-state index is 12.5. The molecule has 0 aromatic carbocycles. The summed E-state index contributed by atoms with van der Waals surface area (Å²) in [4.78, 5) is 18.5. The third-order valence-corrected chi connectivity index (χ3v) is 4.39. The van der Waals surface area contributed by atoms with E-state index < -0.39 is 0 Å². The minimum absolute atomic E-state index is 0.0385. The van der Waals surface area contributed by atoms with Crippen molar-refractivity contribution in [2.24, 2.45) is 0 Å². The van der Waals surface area contributed by atoms with Crippen molar-refractivity contribution < 1.29 is 14.3 Å². The number of hydrogen-bond donors (Lipinski definition) is 0. The Labute approximate surface area is 138 Å². The Kier molecular flexibility index (Phi) is 4.71. The second-order valence-corrected chi connectivity index (χ2v) is 6.36. The summed E-state index contributed by atoms with van der Waals surface area (Å²) in [7, 11) is 1.54. The van der Waals surface area contributed by atoms with Crippen molar-refractivity contribution in [1.82, 2.24) is 20.1 Å². The number of thiazole rings is 1. The number of nitrogens with zero attached hydrogens (tertiary/aromatic N) is 4. The van der Waals surface area contributed by atoms with E-state index in [-0.39, 0.29) is 12.0 Å². The monoisotopic (exact) mass is 334 g/mol. The highest BCUT2D eigenvalue weighted by Crippen LogP contribution is 2.19. The Morgan fingerprint density at radius 1 is 1.35 bits per heavy atom. The molecule has 1 unspecified atom stereocenters. The van der Waals surface area contributed by atoms with Crippen LogP contribution in [0.5, 0.6) is 11.8 Å². The fraction of sp³-hybridized carbons (Fsp3) is 0.467. The molecule has 1 amide bonds. The zero-order valence-corrected chi connectivity index (χ0v) is 13.9. The summed E-state index contributed by atoms with van der Waals surface area (Å²) < 4.78 is 10.8. The molecule has 1 aliphatic heterocycles. The van der Waals surface area contributed by atoms with E-state index in [0.717, 1.165) is 24.4 Å². The molecule has 0 N–H and O–H groups in total. The van der Waals surface area contributed by atoms with Gasteiger partial charge in [-0.3, -0.25) is 4.79 Å². The average molecular weight is 334 g/mol. The van der Waals surface area contributed by atoms with Crippen LogP contribution in [0.15, 0.2) is 17.5 Å². The van der Waals surface area contributed by atoms with Gasteiger partial charge in [0.2, 0.25) is 11.8 Å². The zero-order chi connectivity index (χ0) is 16.2. The van der Waals surface area contributed by atoms with Crippen molar-refractivity contribution in [3.8, 4) is 11.8 Å². The van der Waals surface area contributed by atoms with Gasteiger partial charge in [-0.05, 0) is 19.8 Å². The minimum atomic E-state index is -0.0878. The fourth-order valence-corrected chi connectivity index (χ4v) is 3.08. The summed E-state index contributed by atoms with van der Waals surface area (Å²) in [6.45, 7) is 3.15. The van der Waals surface area contributed by atoms with Gasteiger partial charge in [-0.1, -0.05) is 0 Å². The van der Waals surface area contributed by atoms with Gasteiger partial charge in [0.25, 0.3) is 5.91 Å². The molecular formula is C15H18N4O3S. The predicted molar refractivity (Wildman–Crippen MR) is 85.0 cm³/mol. The Morgan fingerprint density at radius 2 is 2.13 bits per heavy atom. The molecule has 122 valence electrons. The number of methoxy groups -OCH3 is 1. The molecule has 2 aromatic rings. The zero-order valence-electron chi connectivity index (χ0n) is 13.1. The van der Waals surface area contributed by atoms with Crippen LogP contribution in [-0.4, -0.2) is 52.3 Å². The molecule has 3 heterocycles. The highest BCUT2D eigenvalue weighted by atomic mass is 32.1. The normalized spacial score (nSPS) is 17.8. The number of hydrogen-bond acceptors (Lipinski definition) is 7. The van der Waals surface area contributed by atoms with E-state index in [1.165, 1.54) is 18.4 Å². The average Bonchev–Trinajstić information content (AvgIpc) is 3.01. The fourth-order valence-electron chi connectivity index (χ4n) is 2.49. The maximum Gasteiger partial charge on any atom is 0.273 e. The standard InChI is InChI=1S/C15H18N4O3S/c1-10-16-12(9-23-10)15(20)19-7-3-4-11(8-19)22-14-6-5-13(21-2)17-18-14/h5-6,9,11H,3-4,7-8H2,1-2H3. The van der Waals surface area contributed by atoms with Crippen LogP contribution in [0, 0.1) is 6.92 Å². The van der Waals surface area contributed by atoms with E-state index in [9.17, 15) is 4.79 Å². The molecular weight excluding hydrogens is 316 g/mol. The van der Waals surface area contributed by atoms with Crippen molar-refractivity contribution in [3.05, 3.63) is 28.2 Å². The van der Waals surface area contributed by atoms with Crippen LogP contribution in [0.2, 0.25) is 0 Å². The molecule has 0 radical (unpaired) electrons. The summed E-state index contributed by atoms with van der Waals surface area (Å²) in [5.74, 6) is 0.842. The lowest BCUT2D eigenvalue weighted by Crippen LogP contribution is -2.44. The lowest BCUT2D eigenvalue weighted by molar-refractivity contribution is 0.0520. The van der Waals surface area contributed by atoms with Crippen LogP contribution >= 0.6 is 11.3 Å². The van der Waals surface area contributed by atoms with E-state index in [1.54, 1.807) is 22.4 Å². The summed E-state index contributed by atoms with van der Waals surface area (Å²) in [6, 6.07) is 3.42. The molecule has 2 aromatic heterocycles. The molecule has 7 nitrogen and oxygen atoms in total. The Bertz CT molecular complexity index is 674. The molecule has 1 saturated heterocycles. The smallest absolute Gasteiger partial charge is 0.273 e. The first-order chi connectivity index (χ1) is 11.2. The van der Waals surface area contributed by atoms with E-state index in [0.29, 0.717) is 24.0 Å². The van der Waals surface area contributed by atoms with E-state index in [2.05, 4.69) is 15.2 Å².